The average Bonchev–Trinajstić information content (AvgIpc) is 2.45. The molecule has 3 unspecified atom stereocenters. The van der Waals surface area contributed by atoms with Gasteiger partial charge in [-0.05, 0) is 25.5 Å². The molecule has 0 heterocycles. The maximum atomic E-state index is 12.0. The van der Waals surface area contributed by atoms with Gasteiger partial charge in [-0.25, -0.2) is 0 Å². The Morgan fingerprint density at radius 3 is 2.63 bits per heavy atom. The summed E-state index contributed by atoms with van der Waals surface area (Å²) in [5, 5.41) is 11.0. The third-order valence-corrected chi connectivity index (χ3v) is 5.03. The number of carbonyl (C=O) groups is 1. The zero-order chi connectivity index (χ0) is 14.4. The maximum absolute atomic E-state index is 12.0. The summed E-state index contributed by atoms with van der Waals surface area (Å²) in [6.45, 7) is 5.45. The van der Waals surface area contributed by atoms with Crippen LogP contribution in [0.1, 0.15) is 32.8 Å². The van der Waals surface area contributed by atoms with Gasteiger partial charge in [-0.3, -0.25) is 9.00 Å². The van der Waals surface area contributed by atoms with E-state index < -0.39 is 16.0 Å². The number of rotatable bonds is 5. The second-order valence-electron chi connectivity index (χ2n) is 4.34. The van der Waals surface area contributed by atoms with Crippen molar-refractivity contribution in [2.75, 3.05) is 5.32 Å². The zero-order valence-electron chi connectivity index (χ0n) is 11.3. The molecular formula is C14H18N2O2S. The Hall–Kier alpha value is -1.67. The summed E-state index contributed by atoms with van der Waals surface area (Å²) in [6.07, 6.45) is 0.763. The lowest BCUT2D eigenvalue weighted by Crippen LogP contribution is -2.33. The number of hydrogen-bond donors (Lipinski definition) is 1. The molecular weight excluding hydrogens is 260 g/mol. The summed E-state index contributed by atoms with van der Waals surface area (Å²) in [4.78, 5) is 12.0. The Morgan fingerprint density at radius 2 is 2.05 bits per heavy atom. The molecule has 19 heavy (non-hydrogen) atoms. The fourth-order valence-corrected chi connectivity index (χ4v) is 2.84. The molecule has 1 rings (SSSR count). The van der Waals surface area contributed by atoms with Crippen LogP contribution in [-0.2, 0) is 15.6 Å². The number of nitrogens with zero attached hydrogens (tertiary/aromatic N) is 1. The highest BCUT2D eigenvalue weighted by Gasteiger charge is 2.24. The zero-order valence-corrected chi connectivity index (χ0v) is 12.2. The fourth-order valence-electron chi connectivity index (χ4n) is 1.54. The second-order valence-corrected chi connectivity index (χ2v) is 6.51. The summed E-state index contributed by atoms with van der Waals surface area (Å²) in [5.74, 6) is -0.318. The van der Waals surface area contributed by atoms with E-state index in [1.54, 1.807) is 31.2 Å². The molecule has 0 spiro atoms. The number of amides is 1. The van der Waals surface area contributed by atoms with E-state index in [1.807, 2.05) is 19.9 Å². The lowest BCUT2D eigenvalue weighted by molar-refractivity contribution is -0.115. The Morgan fingerprint density at radius 1 is 1.42 bits per heavy atom. The van der Waals surface area contributed by atoms with E-state index >= 15 is 0 Å². The predicted molar refractivity (Wildman–Crippen MR) is 77.1 cm³/mol. The van der Waals surface area contributed by atoms with Crippen LogP contribution in [0.2, 0.25) is 0 Å². The van der Waals surface area contributed by atoms with Gasteiger partial charge in [0.15, 0.2) is 0 Å². The number of hydrogen-bond acceptors (Lipinski definition) is 3. The predicted octanol–water partition coefficient (Wildman–Crippen LogP) is 2.43. The maximum Gasteiger partial charge on any atom is 0.239 e. The molecule has 0 aliphatic heterocycles. The standard InChI is InChI=1S/C14H18N2O2S/c1-4-10(2)19(18)11(3)14(17)16-13-8-6-5-7-12(13)9-15/h5-8,10-11H,4H2,1-3H3,(H,16,17). The first-order valence-electron chi connectivity index (χ1n) is 6.20. The van der Waals surface area contributed by atoms with E-state index in [0.29, 0.717) is 11.3 Å². The van der Waals surface area contributed by atoms with Gasteiger partial charge in [0.25, 0.3) is 0 Å². The average molecular weight is 278 g/mol. The number of benzene rings is 1. The molecule has 0 radical (unpaired) electrons. The van der Waals surface area contributed by atoms with Crippen LogP contribution in [0.4, 0.5) is 5.69 Å². The first-order valence-corrected chi connectivity index (χ1v) is 7.48. The van der Waals surface area contributed by atoms with Gasteiger partial charge >= 0.3 is 0 Å². The summed E-state index contributed by atoms with van der Waals surface area (Å²) >= 11 is 0. The van der Waals surface area contributed by atoms with Crippen LogP contribution >= 0.6 is 0 Å². The lowest BCUT2D eigenvalue weighted by atomic mass is 10.2. The molecule has 0 saturated heterocycles. The monoisotopic (exact) mass is 278 g/mol. The largest absolute Gasteiger partial charge is 0.324 e. The molecule has 0 aliphatic carbocycles. The Bertz CT molecular complexity index is 522. The van der Waals surface area contributed by atoms with E-state index in [1.165, 1.54) is 0 Å². The third kappa shape index (κ3) is 3.90. The molecule has 1 aromatic rings. The molecule has 1 aromatic carbocycles. The molecule has 0 aromatic heterocycles. The summed E-state index contributed by atoms with van der Waals surface area (Å²) in [6, 6.07) is 8.78. The van der Waals surface area contributed by atoms with Gasteiger partial charge in [0.2, 0.25) is 5.91 Å². The van der Waals surface area contributed by atoms with Crippen LogP contribution in [0.3, 0.4) is 0 Å². The number of carbonyl (C=O) groups excluding carboxylic acids is 1. The van der Waals surface area contributed by atoms with Crippen molar-refractivity contribution in [1.82, 2.24) is 0 Å². The molecule has 4 nitrogen and oxygen atoms in total. The number of nitriles is 1. The highest BCUT2D eigenvalue weighted by atomic mass is 32.2. The molecule has 0 aliphatic rings. The molecule has 1 N–H and O–H groups in total. The smallest absolute Gasteiger partial charge is 0.239 e. The van der Waals surface area contributed by atoms with Crippen molar-refractivity contribution in [3.05, 3.63) is 29.8 Å². The highest BCUT2D eigenvalue weighted by molar-refractivity contribution is 7.87. The SMILES string of the molecule is CCC(C)S(=O)C(C)C(=O)Nc1ccccc1C#N. The molecule has 0 bridgehead atoms. The first kappa shape index (κ1) is 15.4. The van der Waals surface area contributed by atoms with Crippen molar-refractivity contribution in [3.8, 4) is 6.07 Å². The van der Waals surface area contributed by atoms with E-state index in [-0.39, 0.29) is 11.2 Å². The highest BCUT2D eigenvalue weighted by Crippen LogP contribution is 2.15. The van der Waals surface area contributed by atoms with Gasteiger partial charge in [-0.15, -0.1) is 0 Å². The van der Waals surface area contributed by atoms with E-state index in [4.69, 9.17) is 5.26 Å². The summed E-state index contributed by atoms with van der Waals surface area (Å²) < 4.78 is 12.0. The van der Waals surface area contributed by atoms with E-state index in [0.717, 1.165) is 6.42 Å². The quantitative estimate of drug-likeness (QED) is 0.899. The molecule has 0 saturated carbocycles. The van der Waals surface area contributed by atoms with E-state index in [9.17, 15) is 9.00 Å². The number of para-hydroxylation sites is 1. The minimum absolute atomic E-state index is 0.0213. The number of nitrogens with one attached hydrogen (secondary N) is 1. The minimum Gasteiger partial charge on any atom is -0.324 e. The lowest BCUT2D eigenvalue weighted by Gasteiger charge is -2.16. The molecule has 102 valence electrons. The van der Waals surface area contributed by atoms with Gasteiger partial charge in [0.05, 0.1) is 11.3 Å². The van der Waals surface area contributed by atoms with Crippen LogP contribution in [0.5, 0.6) is 0 Å². The van der Waals surface area contributed by atoms with Crippen molar-refractivity contribution in [2.24, 2.45) is 0 Å². The molecule has 3 atom stereocenters. The Labute approximate surface area is 116 Å². The van der Waals surface area contributed by atoms with Gasteiger partial charge in [-0.1, -0.05) is 26.0 Å². The van der Waals surface area contributed by atoms with Gasteiger partial charge in [0.1, 0.15) is 11.3 Å². The third-order valence-electron chi connectivity index (χ3n) is 2.99. The summed E-state index contributed by atoms with van der Waals surface area (Å²) in [7, 11) is -1.22. The normalized spacial score (nSPS) is 15.1. The Kier molecular flexibility index (Phi) is 5.71. The molecule has 1 amide bonds. The van der Waals surface area contributed by atoms with Gasteiger partial charge in [-0.2, -0.15) is 5.26 Å². The van der Waals surface area contributed by atoms with Crippen molar-refractivity contribution >= 4 is 22.4 Å². The first-order chi connectivity index (χ1) is 9.01. The number of anilines is 1. The molecule has 5 heteroatoms. The van der Waals surface area contributed by atoms with E-state index in [2.05, 4.69) is 5.32 Å². The minimum atomic E-state index is -1.22. The van der Waals surface area contributed by atoms with Crippen molar-refractivity contribution in [1.29, 1.82) is 5.26 Å². The van der Waals surface area contributed by atoms with Crippen LogP contribution < -0.4 is 5.32 Å². The van der Waals surface area contributed by atoms with Crippen molar-refractivity contribution in [3.63, 3.8) is 0 Å². The Balaban J connectivity index is 2.80. The molecule has 0 fully saturated rings. The van der Waals surface area contributed by atoms with Gasteiger partial charge in [0, 0.05) is 16.0 Å². The van der Waals surface area contributed by atoms with Crippen molar-refractivity contribution in [2.45, 2.75) is 37.7 Å². The van der Waals surface area contributed by atoms with Crippen LogP contribution in [0.15, 0.2) is 24.3 Å². The van der Waals surface area contributed by atoms with Crippen LogP contribution in [0.25, 0.3) is 0 Å². The van der Waals surface area contributed by atoms with Crippen LogP contribution in [-0.4, -0.2) is 20.6 Å². The fraction of sp³-hybridized carbons (Fsp3) is 0.429. The topological polar surface area (TPSA) is 70.0 Å². The second kappa shape index (κ2) is 7.05. The summed E-state index contributed by atoms with van der Waals surface area (Å²) in [5.41, 5.74) is 0.861. The van der Waals surface area contributed by atoms with Gasteiger partial charge < -0.3 is 5.32 Å². The van der Waals surface area contributed by atoms with Crippen LogP contribution in [0, 0.1) is 11.3 Å². The van der Waals surface area contributed by atoms with Crippen molar-refractivity contribution < 1.29 is 9.00 Å².